The predicted molar refractivity (Wildman–Crippen MR) is 71.4 cm³/mol. The second-order valence-electron chi connectivity index (χ2n) is 4.13. The summed E-state index contributed by atoms with van der Waals surface area (Å²) in [6, 6.07) is 5.76. The Morgan fingerprint density at radius 2 is 1.86 bits per heavy atom. The van der Waals surface area contributed by atoms with Crippen LogP contribution in [0.3, 0.4) is 0 Å². The van der Waals surface area contributed by atoms with Crippen LogP contribution in [0.25, 0.3) is 0 Å². The van der Waals surface area contributed by atoms with Crippen molar-refractivity contribution in [2.45, 2.75) is 12.7 Å². The lowest BCUT2D eigenvalue weighted by atomic mass is 10.1. The van der Waals surface area contributed by atoms with Crippen molar-refractivity contribution in [2.24, 2.45) is 0 Å². The molecule has 114 valence electrons. The average molecular weight is 322 g/mol. The predicted octanol–water partition coefficient (Wildman–Crippen LogP) is 2.65. The molecule has 21 heavy (non-hydrogen) atoms. The monoisotopic (exact) mass is 321 g/mol. The number of nitrogens with zero attached hydrogens (tertiary/aromatic N) is 2. The molecule has 0 aliphatic carbocycles. The lowest BCUT2D eigenvalue weighted by Gasteiger charge is -2.04. The third-order valence-electron chi connectivity index (χ3n) is 2.60. The highest BCUT2D eigenvalue weighted by Crippen LogP contribution is 2.31. The molecule has 0 spiro atoms. The minimum Gasteiger partial charge on any atom is -0.478 e. The Balaban J connectivity index is 0.00000220. The van der Waals surface area contributed by atoms with Crippen LogP contribution in [0.15, 0.2) is 30.5 Å². The number of carboxylic acid groups (broad SMARTS) is 1. The lowest BCUT2D eigenvalue weighted by molar-refractivity contribution is -0.140. The van der Waals surface area contributed by atoms with E-state index in [0.29, 0.717) is 5.56 Å². The van der Waals surface area contributed by atoms with Crippen molar-refractivity contribution >= 4 is 24.1 Å². The van der Waals surface area contributed by atoms with Crippen molar-refractivity contribution < 1.29 is 23.1 Å². The molecule has 0 atom stereocenters. The topological polar surface area (TPSA) is 81.1 Å². The zero-order valence-corrected chi connectivity index (χ0v) is 11.3. The van der Waals surface area contributed by atoms with Gasteiger partial charge in [-0.1, -0.05) is 12.1 Å². The molecule has 0 unspecified atom stereocenters. The molecule has 0 bridgehead atoms. The second-order valence-corrected chi connectivity index (χ2v) is 4.13. The van der Waals surface area contributed by atoms with E-state index in [-0.39, 0.29) is 24.5 Å². The summed E-state index contributed by atoms with van der Waals surface area (Å²) >= 11 is 0. The Morgan fingerprint density at radius 1 is 1.29 bits per heavy atom. The number of halogens is 4. The number of anilines is 1. The molecule has 0 amide bonds. The molecule has 0 aliphatic heterocycles. The molecule has 2 aromatic rings. The first-order chi connectivity index (χ1) is 9.27. The minimum absolute atomic E-state index is 0. The number of alkyl halides is 3. The van der Waals surface area contributed by atoms with Crippen LogP contribution in [0.5, 0.6) is 0 Å². The second kappa shape index (κ2) is 6.04. The fourth-order valence-electron chi connectivity index (χ4n) is 1.68. The number of aromatic nitrogens is 2. The van der Waals surface area contributed by atoms with Gasteiger partial charge < -0.3 is 10.8 Å². The normalized spacial score (nSPS) is 11.0. The van der Waals surface area contributed by atoms with E-state index in [0.717, 1.165) is 10.9 Å². The number of hydrogen-bond donors (Lipinski definition) is 2. The molecule has 0 aliphatic rings. The molecule has 0 saturated carbocycles. The molecule has 2 rings (SSSR count). The van der Waals surface area contributed by atoms with Crippen molar-refractivity contribution in [3.05, 3.63) is 47.3 Å². The molecule has 0 radical (unpaired) electrons. The molecule has 0 fully saturated rings. The van der Waals surface area contributed by atoms with E-state index in [2.05, 4.69) is 5.10 Å². The van der Waals surface area contributed by atoms with E-state index in [1.807, 2.05) is 0 Å². The van der Waals surface area contributed by atoms with Gasteiger partial charge in [-0.3, -0.25) is 4.68 Å². The van der Waals surface area contributed by atoms with Gasteiger partial charge in [0.15, 0.2) is 5.69 Å². The van der Waals surface area contributed by atoms with Gasteiger partial charge >= 0.3 is 12.1 Å². The molecule has 0 saturated heterocycles. The summed E-state index contributed by atoms with van der Waals surface area (Å²) in [5.74, 6) is -1.07. The number of carbonyl (C=O) groups is 1. The Bertz CT molecular complexity index is 638. The maximum absolute atomic E-state index is 12.5. The molecule has 1 aromatic carbocycles. The van der Waals surface area contributed by atoms with Crippen molar-refractivity contribution in [1.82, 2.24) is 9.78 Å². The van der Waals surface area contributed by atoms with Crippen LogP contribution in [-0.4, -0.2) is 20.9 Å². The van der Waals surface area contributed by atoms with Crippen LogP contribution < -0.4 is 5.73 Å². The number of carboxylic acids is 1. The third kappa shape index (κ3) is 3.88. The first kappa shape index (κ1) is 16.8. The number of nitrogens with two attached hydrogens (primary N) is 1. The van der Waals surface area contributed by atoms with Gasteiger partial charge in [0.2, 0.25) is 0 Å². The van der Waals surface area contributed by atoms with Gasteiger partial charge in [0.05, 0.1) is 17.8 Å². The van der Waals surface area contributed by atoms with Crippen LogP contribution in [0.2, 0.25) is 0 Å². The molecule has 1 aromatic heterocycles. The highest BCUT2D eigenvalue weighted by Gasteiger charge is 2.36. The zero-order valence-electron chi connectivity index (χ0n) is 10.5. The largest absolute Gasteiger partial charge is 0.478 e. The van der Waals surface area contributed by atoms with Crippen LogP contribution in [-0.2, 0) is 12.7 Å². The fraction of sp³-hybridized carbons (Fsp3) is 0.167. The van der Waals surface area contributed by atoms with Gasteiger partial charge in [-0.05, 0) is 17.7 Å². The zero-order chi connectivity index (χ0) is 14.9. The Morgan fingerprint density at radius 3 is 2.29 bits per heavy atom. The molecule has 9 heteroatoms. The Labute approximate surface area is 123 Å². The maximum Gasteiger partial charge on any atom is 0.437 e. The van der Waals surface area contributed by atoms with Gasteiger partial charge in [0, 0.05) is 6.20 Å². The highest BCUT2D eigenvalue weighted by molar-refractivity contribution is 5.87. The van der Waals surface area contributed by atoms with Crippen molar-refractivity contribution in [3.8, 4) is 0 Å². The van der Waals surface area contributed by atoms with Gasteiger partial charge in [-0.25, -0.2) is 4.79 Å². The van der Waals surface area contributed by atoms with E-state index in [1.165, 1.54) is 24.3 Å². The number of benzene rings is 1. The van der Waals surface area contributed by atoms with Crippen molar-refractivity contribution in [3.63, 3.8) is 0 Å². The van der Waals surface area contributed by atoms with Gasteiger partial charge in [-0.2, -0.15) is 18.3 Å². The number of aromatic carboxylic acids is 1. The highest BCUT2D eigenvalue weighted by atomic mass is 35.5. The third-order valence-corrected chi connectivity index (χ3v) is 2.60. The summed E-state index contributed by atoms with van der Waals surface area (Å²) in [5, 5.41) is 12.1. The average Bonchev–Trinajstić information content (AvgIpc) is 2.70. The lowest BCUT2D eigenvalue weighted by Crippen LogP contribution is -2.10. The first-order valence-electron chi connectivity index (χ1n) is 5.49. The Hall–Kier alpha value is -2.22. The van der Waals surface area contributed by atoms with Gasteiger partial charge in [-0.15, -0.1) is 12.4 Å². The summed E-state index contributed by atoms with van der Waals surface area (Å²) < 4.78 is 38.6. The maximum atomic E-state index is 12.5. The molecular weight excluding hydrogens is 311 g/mol. The fourth-order valence-corrected chi connectivity index (χ4v) is 1.68. The van der Waals surface area contributed by atoms with Gasteiger partial charge in [0.25, 0.3) is 0 Å². The van der Waals surface area contributed by atoms with E-state index in [4.69, 9.17) is 10.8 Å². The van der Waals surface area contributed by atoms with E-state index in [9.17, 15) is 18.0 Å². The van der Waals surface area contributed by atoms with Crippen LogP contribution in [0.4, 0.5) is 18.9 Å². The van der Waals surface area contributed by atoms with Crippen molar-refractivity contribution in [1.29, 1.82) is 0 Å². The summed E-state index contributed by atoms with van der Waals surface area (Å²) in [7, 11) is 0. The van der Waals surface area contributed by atoms with Crippen LogP contribution in [0, 0.1) is 0 Å². The van der Waals surface area contributed by atoms with Gasteiger partial charge in [0.1, 0.15) is 0 Å². The minimum atomic E-state index is -4.59. The SMILES string of the molecule is Cl.Nc1cn(Cc2ccc(C(=O)O)cc2)nc1C(F)(F)F. The van der Waals surface area contributed by atoms with Crippen LogP contribution in [0.1, 0.15) is 21.6 Å². The standard InChI is InChI=1S/C12H10F3N3O2.ClH/c13-12(14,15)10-9(16)6-18(17-10)5-7-1-3-8(4-2-7)11(19)20;/h1-4,6H,5,16H2,(H,19,20);1H. The molecule has 5 nitrogen and oxygen atoms in total. The molecule has 1 heterocycles. The first-order valence-corrected chi connectivity index (χ1v) is 5.49. The van der Waals surface area contributed by atoms with E-state index in [1.54, 1.807) is 0 Å². The summed E-state index contributed by atoms with van der Waals surface area (Å²) in [4.78, 5) is 10.7. The Kier molecular flexibility index (Phi) is 4.84. The van der Waals surface area contributed by atoms with Crippen LogP contribution >= 0.6 is 12.4 Å². The molecular formula is C12H11ClF3N3O2. The summed E-state index contributed by atoms with van der Waals surface area (Å²) in [5.41, 5.74) is 4.41. The number of nitrogen functional groups attached to an aromatic ring is 1. The number of rotatable bonds is 3. The van der Waals surface area contributed by atoms with E-state index >= 15 is 0 Å². The quantitative estimate of drug-likeness (QED) is 0.910. The molecule has 3 N–H and O–H groups in total. The number of hydrogen-bond acceptors (Lipinski definition) is 3. The van der Waals surface area contributed by atoms with Crippen molar-refractivity contribution in [2.75, 3.05) is 5.73 Å². The smallest absolute Gasteiger partial charge is 0.437 e. The van der Waals surface area contributed by atoms with E-state index < -0.39 is 23.5 Å². The summed E-state index contributed by atoms with van der Waals surface area (Å²) in [6.45, 7) is 0.0696. The summed E-state index contributed by atoms with van der Waals surface area (Å²) in [6.07, 6.45) is -3.50.